The first-order valence-electron chi connectivity index (χ1n) is 11.1. The fourth-order valence-corrected chi connectivity index (χ4v) is 5.28. The van der Waals surface area contributed by atoms with Crippen molar-refractivity contribution in [1.29, 1.82) is 0 Å². The van der Waals surface area contributed by atoms with Gasteiger partial charge in [-0.05, 0) is 47.9 Å². The minimum Gasteiger partial charge on any atom is -0.379 e. The topological polar surface area (TPSA) is 93.5 Å². The van der Waals surface area contributed by atoms with E-state index in [2.05, 4.69) is 10.4 Å². The molecule has 1 aliphatic heterocycles. The summed E-state index contributed by atoms with van der Waals surface area (Å²) in [7, 11) is -3.56. The fraction of sp³-hybridized carbons (Fsp3) is 0.333. The number of rotatable bonds is 7. The number of ether oxygens (including phenoxy) is 1. The van der Waals surface area contributed by atoms with E-state index in [1.807, 2.05) is 13.8 Å². The van der Waals surface area contributed by atoms with Crippen molar-refractivity contribution in [2.45, 2.75) is 31.2 Å². The molecule has 3 aromatic rings. The van der Waals surface area contributed by atoms with E-state index in [1.165, 1.54) is 22.6 Å². The van der Waals surface area contributed by atoms with Crippen LogP contribution in [-0.2, 0) is 21.3 Å². The van der Waals surface area contributed by atoms with Gasteiger partial charge in [0.1, 0.15) is 5.82 Å². The normalized spacial score (nSPS) is 14.9. The third-order valence-corrected chi connectivity index (χ3v) is 7.57. The molecule has 1 aromatic heterocycles. The minimum atomic E-state index is -3.56. The van der Waals surface area contributed by atoms with Crippen molar-refractivity contribution in [1.82, 2.24) is 19.4 Å². The van der Waals surface area contributed by atoms with Gasteiger partial charge >= 0.3 is 0 Å². The van der Waals surface area contributed by atoms with Crippen LogP contribution in [0.25, 0.3) is 5.69 Å². The molecule has 1 aliphatic rings. The second kappa shape index (κ2) is 10.0. The van der Waals surface area contributed by atoms with E-state index >= 15 is 0 Å². The number of aromatic nitrogens is 2. The van der Waals surface area contributed by atoms with E-state index in [4.69, 9.17) is 4.74 Å². The average Bonchev–Trinajstić information content (AvgIpc) is 3.29. The van der Waals surface area contributed by atoms with Gasteiger partial charge in [-0.25, -0.2) is 17.5 Å². The molecular weight excluding hydrogens is 459 g/mol. The molecule has 0 atom stereocenters. The van der Waals surface area contributed by atoms with Crippen molar-refractivity contribution in [2.24, 2.45) is 0 Å². The van der Waals surface area contributed by atoms with Gasteiger partial charge < -0.3 is 10.1 Å². The highest BCUT2D eigenvalue weighted by Gasteiger charge is 2.26. The van der Waals surface area contributed by atoms with E-state index in [1.54, 1.807) is 41.1 Å². The van der Waals surface area contributed by atoms with Crippen LogP contribution < -0.4 is 5.32 Å². The molecule has 0 bridgehead atoms. The van der Waals surface area contributed by atoms with Crippen molar-refractivity contribution in [3.8, 4) is 5.69 Å². The van der Waals surface area contributed by atoms with Gasteiger partial charge in [0.25, 0.3) is 5.91 Å². The third-order valence-electron chi connectivity index (χ3n) is 5.65. The summed E-state index contributed by atoms with van der Waals surface area (Å²) in [4.78, 5) is 13.2. The van der Waals surface area contributed by atoms with E-state index in [0.717, 1.165) is 11.3 Å². The monoisotopic (exact) mass is 486 g/mol. The highest BCUT2D eigenvalue weighted by Crippen LogP contribution is 2.23. The number of carbonyl (C=O) groups excluding carboxylic acids is 1. The number of nitrogens with zero attached hydrogens (tertiary/aromatic N) is 3. The Balaban J connectivity index is 1.46. The molecule has 4 rings (SSSR count). The molecule has 0 aliphatic carbocycles. The second-order valence-electron chi connectivity index (χ2n) is 8.33. The van der Waals surface area contributed by atoms with E-state index in [0.29, 0.717) is 37.6 Å². The predicted octanol–water partition coefficient (Wildman–Crippen LogP) is 3.09. The SMILES string of the molecule is CC(C)c1c(C(=O)NCc2ccc(S(=O)(=O)N3CCOCC3)cc2)cnn1-c1ccc(F)cc1. The molecular formula is C24H27FN4O4S. The number of hydrogen-bond donors (Lipinski definition) is 1. The van der Waals surface area contributed by atoms with Crippen LogP contribution in [0.15, 0.2) is 59.6 Å². The molecule has 1 fully saturated rings. The fourth-order valence-electron chi connectivity index (χ4n) is 3.87. The number of nitrogens with one attached hydrogen (secondary N) is 1. The van der Waals surface area contributed by atoms with Crippen molar-refractivity contribution >= 4 is 15.9 Å². The van der Waals surface area contributed by atoms with Gasteiger partial charge in [0.05, 0.1) is 41.3 Å². The van der Waals surface area contributed by atoms with Crippen molar-refractivity contribution in [2.75, 3.05) is 26.3 Å². The van der Waals surface area contributed by atoms with Crippen LogP contribution in [0.4, 0.5) is 4.39 Å². The Bertz CT molecular complexity index is 1250. The Morgan fingerprint density at radius 3 is 2.35 bits per heavy atom. The van der Waals surface area contributed by atoms with Gasteiger partial charge in [-0.1, -0.05) is 26.0 Å². The molecule has 8 nitrogen and oxygen atoms in total. The molecule has 1 N–H and O–H groups in total. The average molecular weight is 487 g/mol. The smallest absolute Gasteiger partial charge is 0.255 e. The quantitative estimate of drug-likeness (QED) is 0.554. The zero-order valence-corrected chi connectivity index (χ0v) is 19.9. The molecule has 0 saturated carbocycles. The molecule has 0 radical (unpaired) electrons. The molecule has 1 amide bonds. The van der Waals surface area contributed by atoms with Crippen LogP contribution in [0, 0.1) is 5.82 Å². The Kier molecular flexibility index (Phi) is 7.11. The summed E-state index contributed by atoms with van der Waals surface area (Å²) >= 11 is 0. The lowest BCUT2D eigenvalue weighted by Gasteiger charge is -2.26. The lowest BCUT2D eigenvalue weighted by Crippen LogP contribution is -2.40. The van der Waals surface area contributed by atoms with Crippen LogP contribution in [0.1, 0.15) is 41.4 Å². The predicted molar refractivity (Wildman–Crippen MR) is 125 cm³/mol. The number of amides is 1. The first kappa shape index (κ1) is 24.1. The maximum absolute atomic E-state index is 13.3. The van der Waals surface area contributed by atoms with Gasteiger partial charge in [-0.2, -0.15) is 9.40 Å². The summed E-state index contributed by atoms with van der Waals surface area (Å²) in [6.45, 7) is 5.60. The Hall–Kier alpha value is -3.08. The van der Waals surface area contributed by atoms with Gasteiger partial charge in [0.15, 0.2) is 0 Å². The minimum absolute atomic E-state index is 0.00187. The molecule has 2 aromatic carbocycles. The van der Waals surface area contributed by atoms with Crippen molar-refractivity contribution in [3.05, 3.63) is 77.4 Å². The second-order valence-corrected chi connectivity index (χ2v) is 10.3. The largest absolute Gasteiger partial charge is 0.379 e. The Morgan fingerprint density at radius 1 is 1.09 bits per heavy atom. The number of morpholine rings is 1. The van der Waals surface area contributed by atoms with Crippen molar-refractivity contribution < 1.29 is 22.3 Å². The molecule has 10 heteroatoms. The highest BCUT2D eigenvalue weighted by atomic mass is 32.2. The number of sulfonamides is 1. The zero-order valence-electron chi connectivity index (χ0n) is 19.1. The highest BCUT2D eigenvalue weighted by molar-refractivity contribution is 7.89. The van der Waals surface area contributed by atoms with E-state index in [9.17, 15) is 17.6 Å². The number of hydrogen-bond acceptors (Lipinski definition) is 5. The van der Waals surface area contributed by atoms with Crippen LogP contribution in [-0.4, -0.2) is 54.7 Å². The number of benzene rings is 2. The van der Waals surface area contributed by atoms with E-state index in [-0.39, 0.29) is 29.1 Å². The molecule has 34 heavy (non-hydrogen) atoms. The Labute approximate surface area is 198 Å². The number of carbonyl (C=O) groups is 1. The third kappa shape index (κ3) is 5.03. The summed E-state index contributed by atoms with van der Waals surface area (Å²) in [5, 5.41) is 7.23. The summed E-state index contributed by atoms with van der Waals surface area (Å²) in [5.41, 5.74) is 2.59. The summed E-state index contributed by atoms with van der Waals surface area (Å²) in [6.07, 6.45) is 1.51. The first-order valence-corrected chi connectivity index (χ1v) is 12.5. The maximum Gasteiger partial charge on any atom is 0.255 e. The van der Waals surface area contributed by atoms with Gasteiger partial charge in [-0.3, -0.25) is 4.79 Å². The summed E-state index contributed by atoms with van der Waals surface area (Å²) in [6, 6.07) is 12.4. The molecule has 2 heterocycles. The zero-order chi connectivity index (χ0) is 24.3. The summed E-state index contributed by atoms with van der Waals surface area (Å²) in [5.74, 6) is -0.635. The standard InChI is InChI=1S/C24H27FN4O4S/c1-17(2)23-22(16-27-29(23)20-7-5-19(25)6-8-20)24(30)26-15-18-3-9-21(10-4-18)34(31,32)28-11-13-33-14-12-28/h3-10,16-17H,11-15H2,1-2H3,(H,26,30). The number of halogens is 1. The van der Waals surface area contributed by atoms with E-state index < -0.39 is 10.0 Å². The van der Waals surface area contributed by atoms with Crippen LogP contribution in [0.5, 0.6) is 0 Å². The molecule has 0 spiro atoms. The maximum atomic E-state index is 13.3. The lowest BCUT2D eigenvalue weighted by molar-refractivity contribution is 0.0730. The summed E-state index contributed by atoms with van der Waals surface area (Å²) < 4.78 is 47.1. The van der Waals surface area contributed by atoms with Crippen LogP contribution >= 0.6 is 0 Å². The van der Waals surface area contributed by atoms with Gasteiger partial charge in [-0.15, -0.1) is 0 Å². The first-order chi connectivity index (χ1) is 16.3. The Morgan fingerprint density at radius 2 is 1.74 bits per heavy atom. The van der Waals surface area contributed by atoms with Gasteiger partial charge in [0, 0.05) is 19.6 Å². The van der Waals surface area contributed by atoms with Crippen LogP contribution in [0.2, 0.25) is 0 Å². The van der Waals surface area contributed by atoms with Gasteiger partial charge in [0.2, 0.25) is 10.0 Å². The van der Waals surface area contributed by atoms with Crippen LogP contribution in [0.3, 0.4) is 0 Å². The molecule has 0 unspecified atom stereocenters. The van der Waals surface area contributed by atoms with Crippen molar-refractivity contribution in [3.63, 3.8) is 0 Å². The molecule has 180 valence electrons. The molecule has 1 saturated heterocycles. The lowest BCUT2D eigenvalue weighted by atomic mass is 10.0.